The monoisotopic (exact) mass is 307 g/mol. The molecule has 0 bridgehead atoms. The highest BCUT2D eigenvalue weighted by Gasteiger charge is 2.16. The molecule has 0 atom stereocenters. The Morgan fingerprint density at radius 1 is 1.30 bits per heavy atom. The van der Waals surface area contributed by atoms with Gasteiger partial charge in [-0.3, -0.25) is 4.98 Å². The minimum absolute atomic E-state index is 0.693. The molecule has 118 valence electrons. The lowest BCUT2D eigenvalue weighted by atomic mass is 10.1. The Morgan fingerprint density at radius 3 is 2.65 bits per heavy atom. The lowest BCUT2D eigenvalue weighted by molar-refractivity contribution is 0.935. The fourth-order valence-corrected chi connectivity index (χ4v) is 2.14. The number of nitrogens with one attached hydrogen (secondary N) is 1. The maximum Gasteiger partial charge on any atom is 0.162 e. The number of anilines is 1. The van der Waals surface area contributed by atoms with Crippen LogP contribution in [0.25, 0.3) is 17.3 Å². The van der Waals surface area contributed by atoms with Crippen molar-refractivity contribution in [2.75, 3.05) is 5.32 Å². The van der Waals surface area contributed by atoms with Crippen LogP contribution in [0, 0.1) is 6.92 Å². The van der Waals surface area contributed by atoms with Crippen LogP contribution in [-0.4, -0.2) is 21.0 Å². The first-order valence-electron chi connectivity index (χ1n) is 7.22. The lowest BCUT2D eigenvalue weighted by Crippen LogP contribution is -2.00. The van der Waals surface area contributed by atoms with E-state index in [0.29, 0.717) is 5.82 Å². The molecule has 23 heavy (non-hydrogen) atoms. The van der Waals surface area contributed by atoms with E-state index in [4.69, 9.17) is 0 Å². The third kappa shape index (κ3) is 3.63. The number of aromatic nitrogens is 3. The topological polar surface area (TPSA) is 55.1 Å². The SMILES string of the molecule is C=Cn1ncc(-c2ccnc(C)c2NC(=C)C)c1N=CC(=C)C. The van der Waals surface area contributed by atoms with Crippen LogP contribution in [-0.2, 0) is 0 Å². The van der Waals surface area contributed by atoms with Crippen molar-refractivity contribution < 1.29 is 0 Å². The first-order valence-corrected chi connectivity index (χ1v) is 7.22. The summed E-state index contributed by atoms with van der Waals surface area (Å²) in [7, 11) is 0. The number of hydrogen-bond donors (Lipinski definition) is 1. The second-order valence-corrected chi connectivity index (χ2v) is 5.34. The molecule has 0 aliphatic heterocycles. The van der Waals surface area contributed by atoms with Crippen LogP contribution in [0.4, 0.5) is 11.5 Å². The van der Waals surface area contributed by atoms with Gasteiger partial charge in [0.15, 0.2) is 5.82 Å². The largest absolute Gasteiger partial charge is 0.358 e. The molecule has 0 fully saturated rings. The Balaban J connectivity index is 2.65. The van der Waals surface area contributed by atoms with E-state index in [9.17, 15) is 0 Å². The van der Waals surface area contributed by atoms with Crippen molar-refractivity contribution in [3.63, 3.8) is 0 Å². The van der Waals surface area contributed by atoms with Crippen LogP contribution in [0.3, 0.4) is 0 Å². The second kappa shape index (κ2) is 6.87. The van der Waals surface area contributed by atoms with Gasteiger partial charge in [0.2, 0.25) is 0 Å². The highest BCUT2D eigenvalue weighted by molar-refractivity contribution is 5.88. The van der Waals surface area contributed by atoms with E-state index in [1.54, 1.807) is 29.5 Å². The Kier molecular flexibility index (Phi) is 4.91. The predicted molar refractivity (Wildman–Crippen MR) is 98.0 cm³/mol. The van der Waals surface area contributed by atoms with Gasteiger partial charge >= 0.3 is 0 Å². The molecule has 0 radical (unpaired) electrons. The van der Waals surface area contributed by atoms with Crippen molar-refractivity contribution >= 4 is 23.9 Å². The van der Waals surface area contributed by atoms with Crippen molar-refractivity contribution in [2.45, 2.75) is 20.8 Å². The Hall–Kier alpha value is -2.95. The molecular weight excluding hydrogens is 286 g/mol. The van der Waals surface area contributed by atoms with Crippen LogP contribution in [0.15, 0.2) is 54.5 Å². The summed E-state index contributed by atoms with van der Waals surface area (Å²) in [4.78, 5) is 8.84. The smallest absolute Gasteiger partial charge is 0.162 e. The summed E-state index contributed by atoms with van der Waals surface area (Å²) in [6, 6.07) is 1.93. The van der Waals surface area contributed by atoms with Crippen molar-refractivity contribution in [1.82, 2.24) is 14.8 Å². The zero-order valence-electron chi connectivity index (χ0n) is 13.8. The number of nitrogens with zero attached hydrogens (tertiary/aromatic N) is 4. The zero-order chi connectivity index (χ0) is 17.0. The lowest BCUT2D eigenvalue weighted by Gasteiger charge is -2.13. The van der Waals surface area contributed by atoms with Gasteiger partial charge in [-0.05, 0) is 32.4 Å². The fraction of sp³-hybridized carbons (Fsp3) is 0.167. The Labute approximate surface area is 136 Å². The molecule has 1 N–H and O–H groups in total. The van der Waals surface area contributed by atoms with Crippen molar-refractivity contribution in [3.05, 3.63) is 55.2 Å². The van der Waals surface area contributed by atoms with E-state index in [1.807, 2.05) is 26.8 Å². The van der Waals surface area contributed by atoms with Crippen molar-refractivity contribution in [2.24, 2.45) is 4.99 Å². The maximum absolute atomic E-state index is 4.50. The second-order valence-electron chi connectivity index (χ2n) is 5.34. The van der Waals surface area contributed by atoms with E-state index in [1.165, 1.54) is 0 Å². The molecule has 0 aliphatic rings. The molecule has 0 aromatic carbocycles. The summed E-state index contributed by atoms with van der Waals surface area (Å²) in [5.74, 6) is 0.693. The quantitative estimate of drug-likeness (QED) is 0.795. The van der Waals surface area contributed by atoms with E-state index in [2.05, 4.69) is 40.1 Å². The molecule has 0 saturated heterocycles. The summed E-state index contributed by atoms with van der Waals surface area (Å²) in [5.41, 5.74) is 5.32. The first kappa shape index (κ1) is 16.4. The standard InChI is InChI=1S/C18H21N5/c1-7-23-18(20-10-12(2)3)16(11-21-23)15-8-9-19-14(6)17(15)22-13(4)5/h7-11,22H,1-2,4H2,3,5-6H3. The Morgan fingerprint density at radius 2 is 2.04 bits per heavy atom. The molecule has 0 amide bonds. The fourth-order valence-electron chi connectivity index (χ4n) is 2.14. The summed E-state index contributed by atoms with van der Waals surface area (Å²) < 4.78 is 1.63. The van der Waals surface area contributed by atoms with Gasteiger partial charge in [0.1, 0.15) is 0 Å². The van der Waals surface area contributed by atoms with Crippen LogP contribution in [0.1, 0.15) is 19.5 Å². The number of aliphatic imine (C=N–C) groups is 1. The zero-order valence-corrected chi connectivity index (χ0v) is 13.8. The van der Waals surface area contributed by atoms with E-state index in [0.717, 1.165) is 33.8 Å². The molecule has 2 rings (SSSR count). The number of rotatable bonds is 6. The van der Waals surface area contributed by atoms with Gasteiger partial charge in [0, 0.05) is 35.4 Å². The van der Waals surface area contributed by atoms with Gasteiger partial charge in [0.05, 0.1) is 17.6 Å². The van der Waals surface area contributed by atoms with Gasteiger partial charge in [-0.15, -0.1) is 0 Å². The average Bonchev–Trinajstić information content (AvgIpc) is 2.89. The summed E-state index contributed by atoms with van der Waals surface area (Å²) in [5, 5.41) is 7.59. The van der Waals surface area contributed by atoms with Gasteiger partial charge < -0.3 is 5.32 Å². The van der Waals surface area contributed by atoms with Crippen molar-refractivity contribution in [3.8, 4) is 11.1 Å². The van der Waals surface area contributed by atoms with Gasteiger partial charge in [-0.2, -0.15) is 5.10 Å². The molecule has 0 aliphatic carbocycles. The van der Waals surface area contributed by atoms with E-state index < -0.39 is 0 Å². The summed E-state index contributed by atoms with van der Waals surface area (Å²) in [6.45, 7) is 17.3. The molecule has 2 aromatic rings. The number of hydrogen-bond acceptors (Lipinski definition) is 4. The third-order valence-corrected chi connectivity index (χ3v) is 3.12. The highest BCUT2D eigenvalue weighted by Crippen LogP contribution is 2.36. The van der Waals surface area contributed by atoms with Gasteiger partial charge in [-0.25, -0.2) is 9.67 Å². The molecule has 5 nitrogen and oxygen atoms in total. The average molecular weight is 307 g/mol. The molecule has 5 heteroatoms. The number of allylic oxidation sites excluding steroid dienone is 2. The minimum atomic E-state index is 0.693. The molecule has 0 spiro atoms. The third-order valence-electron chi connectivity index (χ3n) is 3.12. The highest BCUT2D eigenvalue weighted by atomic mass is 15.3. The van der Waals surface area contributed by atoms with Crippen molar-refractivity contribution in [1.29, 1.82) is 0 Å². The Bertz CT molecular complexity index is 796. The molecule has 2 heterocycles. The van der Waals surface area contributed by atoms with E-state index in [-0.39, 0.29) is 0 Å². The van der Waals surface area contributed by atoms with Crippen LogP contribution >= 0.6 is 0 Å². The number of pyridine rings is 1. The molecular formula is C18H21N5. The summed E-state index contributed by atoms with van der Waals surface area (Å²) in [6.07, 6.45) is 6.87. The molecule has 0 saturated carbocycles. The predicted octanol–water partition coefficient (Wildman–Crippen LogP) is 4.58. The minimum Gasteiger partial charge on any atom is -0.358 e. The van der Waals surface area contributed by atoms with Gasteiger partial charge in [-0.1, -0.05) is 19.7 Å². The maximum atomic E-state index is 4.50. The number of aryl methyl sites for hydroxylation is 1. The van der Waals surface area contributed by atoms with Gasteiger partial charge in [0.25, 0.3) is 0 Å². The molecule has 2 aromatic heterocycles. The van der Waals surface area contributed by atoms with Crippen LogP contribution < -0.4 is 5.32 Å². The summed E-state index contributed by atoms with van der Waals surface area (Å²) >= 11 is 0. The first-order chi connectivity index (χ1) is 10.9. The molecule has 0 unspecified atom stereocenters. The van der Waals surface area contributed by atoms with Crippen LogP contribution in [0.2, 0.25) is 0 Å². The van der Waals surface area contributed by atoms with E-state index >= 15 is 0 Å². The normalized spacial score (nSPS) is 10.7. The van der Waals surface area contributed by atoms with Crippen LogP contribution in [0.5, 0.6) is 0 Å².